The molecule has 2 unspecified atom stereocenters. The van der Waals surface area contributed by atoms with Crippen molar-refractivity contribution in [3.05, 3.63) is 18.2 Å². The zero-order chi connectivity index (χ0) is 16.5. The van der Waals surface area contributed by atoms with E-state index in [1.54, 1.807) is 6.20 Å². The van der Waals surface area contributed by atoms with Crippen molar-refractivity contribution in [3.63, 3.8) is 0 Å². The molecule has 7 nitrogen and oxygen atoms in total. The van der Waals surface area contributed by atoms with Crippen molar-refractivity contribution in [1.82, 2.24) is 19.4 Å². The number of carbonyl (C=O) groups is 2. The highest BCUT2D eigenvalue weighted by Crippen LogP contribution is 2.23. The van der Waals surface area contributed by atoms with E-state index >= 15 is 0 Å². The molecule has 0 N–H and O–H groups in total. The van der Waals surface area contributed by atoms with Crippen molar-refractivity contribution >= 4 is 11.8 Å². The van der Waals surface area contributed by atoms with Gasteiger partial charge in [0, 0.05) is 57.5 Å². The third-order valence-electron chi connectivity index (χ3n) is 5.31. The van der Waals surface area contributed by atoms with Gasteiger partial charge in [-0.15, -0.1) is 0 Å². The first-order valence-electron chi connectivity index (χ1n) is 8.85. The predicted molar refractivity (Wildman–Crippen MR) is 85.9 cm³/mol. The van der Waals surface area contributed by atoms with Crippen molar-refractivity contribution in [2.45, 2.75) is 32.4 Å². The Morgan fingerprint density at radius 2 is 2.29 bits per heavy atom. The molecule has 0 aliphatic carbocycles. The molecule has 0 saturated carbocycles. The average molecular weight is 332 g/mol. The SMILES string of the molecule is O=C1CCCN1CC1CN(C(=O)C2CCOC2)Cc2nccn2C1. The largest absolute Gasteiger partial charge is 0.381 e. The fourth-order valence-corrected chi connectivity index (χ4v) is 4.02. The van der Waals surface area contributed by atoms with Crippen molar-refractivity contribution in [2.75, 3.05) is 32.8 Å². The van der Waals surface area contributed by atoms with E-state index in [9.17, 15) is 9.59 Å². The van der Waals surface area contributed by atoms with Crippen LogP contribution in [-0.2, 0) is 27.4 Å². The molecule has 0 spiro atoms. The maximum atomic E-state index is 12.9. The monoisotopic (exact) mass is 332 g/mol. The number of carbonyl (C=O) groups excluding carboxylic acids is 2. The van der Waals surface area contributed by atoms with Crippen LogP contribution in [-0.4, -0.2) is 64.0 Å². The highest BCUT2D eigenvalue weighted by molar-refractivity contribution is 5.79. The van der Waals surface area contributed by atoms with Crippen LogP contribution in [0.25, 0.3) is 0 Å². The van der Waals surface area contributed by atoms with Crippen molar-refractivity contribution in [1.29, 1.82) is 0 Å². The van der Waals surface area contributed by atoms with Gasteiger partial charge >= 0.3 is 0 Å². The zero-order valence-corrected chi connectivity index (χ0v) is 13.9. The lowest BCUT2D eigenvalue weighted by Gasteiger charge is -2.28. The third kappa shape index (κ3) is 3.05. The summed E-state index contributed by atoms with van der Waals surface area (Å²) in [5.41, 5.74) is 0. The van der Waals surface area contributed by atoms with Crippen LogP contribution < -0.4 is 0 Å². The van der Waals surface area contributed by atoms with E-state index in [0.717, 1.165) is 38.3 Å². The van der Waals surface area contributed by atoms with Crippen LogP contribution in [0, 0.1) is 11.8 Å². The molecule has 4 heterocycles. The minimum absolute atomic E-state index is 0.0272. The summed E-state index contributed by atoms with van der Waals surface area (Å²) in [7, 11) is 0. The van der Waals surface area contributed by atoms with Crippen LogP contribution in [0.2, 0.25) is 0 Å². The van der Waals surface area contributed by atoms with Crippen molar-refractivity contribution in [2.24, 2.45) is 11.8 Å². The summed E-state index contributed by atoms with van der Waals surface area (Å²) in [4.78, 5) is 33.1. The first kappa shape index (κ1) is 15.6. The van der Waals surface area contributed by atoms with E-state index in [0.29, 0.717) is 32.7 Å². The zero-order valence-electron chi connectivity index (χ0n) is 13.9. The number of imidazole rings is 1. The van der Waals surface area contributed by atoms with Crippen LogP contribution in [0.1, 0.15) is 25.1 Å². The van der Waals surface area contributed by atoms with E-state index in [-0.39, 0.29) is 23.7 Å². The molecule has 2 saturated heterocycles. The fourth-order valence-electron chi connectivity index (χ4n) is 4.02. The molecule has 24 heavy (non-hydrogen) atoms. The number of nitrogens with zero attached hydrogens (tertiary/aromatic N) is 4. The molecule has 3 aliphatic rings. The second-order valence-corrected chi connectivity index (χ2v) is 7.08. The molecule has 7 heteroatoms. The summed E-state index contributed by atoms with van der Waals surface area (Å²) in [6.45, 7) is 4.81. The molecule has 0 radical (unpaired) electrons. The van der Waals surface area contributed by atoms with Crippen LogP contribution in [0.5, 0.6) is 0 Å². The van der Waals surface area contributed by atoms with E-state index < -0.39 is 0 Å². The van der Waals surface area contributed by atoms with Gasteiger partial charge in [0.1, 0.15) is 5.82 Å². The van der Waals surface area contributed by atoms with Crippen LogP contribution in [0.15, 0.2) is 12.4 Å². The summed E-state index contributed by atoms with van der Waals surface area (Å²) < 4.78 is 7.51. The smallest absolute Gasteiger partial charge is 0.228 e. The Labute approximate surface area is 141 Å². The number of likely N-dealkylation sites (tertiary alicyclic amines) is 1. The van der Waals surface area contributed by atoms with E-state index in [4.69, 9.17) is 4.74 Å². The maximum absolute atomic E-state index is 12.9. The Bertz CT molecular complexity index is 623. The Balaban J connectivity index is 1.51. The van der Waals surface area contributed by atoms with Crippen LogP contribution in [0.4, 0.5) is 0 Å². The van der Waals surface area contributed by atoms with Gasteiger partial charge in [0.2, 0.25) is 11.8 Å². The number of fused-ring (bicyclic) bond motifs is 1. The Morgan fingerprint density at radius 1 is 1.38 bits per heavy atom. The number of amides is 2. The van der Waals surface area contributed by atoms with E-state index in [1.807, 2.05) is 16.0 Å². The number of ether oxygens (including phenoxy) is 1. The summed E-state index contributed by atoms with van der Waals surface area (Å²) >= 11 is 0. The normalized spacial score (nSPS) is 27.4. The van der Waals surface area contributed by atoms with Gasteiger partial charge in [-0.25, -0.2) is 4.98 Å². The first-order valence-corrected chi connectivity index (χ1v) is 8.85. The molecule has 2 fully saturated rings. The van der Waals surface area contributed by atoms with Gasteiger partial charge < -0.3 is 19.1 Å². The molecule has 130 valence electrons. The predicted octanol–water partition coefficient (Wildman–Crippen LogP) is 0.500. The van der Waals surface area contributed by atoms with Crippen LogP contribution in [0.3, 0.4) is 0 Å². The molecular formula is C17H24N4O3. The molecule has 4 rings (SSSR count). The van der Waals surface area contributed by atoms with Gasteiger partial charge in [0.05, 0.1) is 19.1 Å². The van der Waals surface area contributed by atoms with Gasteiger partial charge in [-0.3, -0.25) is 9.59 Å². The molecule has 1 aromatic heterocycles. The first-order chi connectivity index (χ1) is 11.7. The number of hydrogen-bond donors (Lipinski definition) is 0. The average Bonchev–Trinajstić information content (AvgIpc) is 3.29. The lowest BCUT2D eigenvalue weighted by atomic mass is 10.0. The molecule has 1 aromatic rings. The topological polar surface area (TPSA) is 67.7 Å². The van der Waals surface area contributed by atoms with Crippen molar-refractivity contribution in [3.8, 4) is 0 Å². The second-order valence-electron chi connectivity index (χ2n) is 7.08. The molecule has 0 bridgehead atoms. The molecule has 2 atom stereocenters. The van der Waals surface area contributed by atoms with Gasteiger partial charge in [-0.1, -0.05) is 0 Å². The fraction of sp³-hybridized carbons (Fsp3) is 0.706. The quantitative estimate of drug-likeness (QED) is 0.808. The van der Waals surface area contributed by atoms with Gasteiger partial charge in [0.25, 0.3) is 0 Å². The minimum Gasteiger partial charge on any atom is -0.381 e. The van der Waals surface area contributed by atoms with E-state index in [1.165, 1.54) is 0 Å². The van der Waals surface area contributed by atoms with Gasteiger partial charge in [-0.05, 0) is 12.8 Å². The van der Waals surface area contributed by atoms with Crippen LogP contribution >= 0.6 is 0 Å². The summed E-state index contributed by atoms with van der Waals surface area (Å²) in [5.74, 6) is 1.56. The molecular weight excluding hydrogens is 308 g/mol. The highest BCUT2D eigenvalue weighted by atomic mass is 16.5. The Hall–Kier alpha value is -1.89. The Morgan fingerprint density at radius 3 is 3.04 bits per heavy atom. The summed E-state index contributed by atoms with van der Waals surface area (Å²) in [5, 5.41) is 0. The molecule has 2 amide bonds. The number of aromatic nitrogens is 2. The van der Waals surface area contributed by atoms with Crippen molar-refractivity contribution < 1.29 is 14.3 Å². The Kier molecular flexibility index (Phi) is 4.26. The third-order valence-corrected chi connectivity index (χ3v) is 5.31. The molecule has 3 aliphatic heterocycles. The minimum atomic E-state index is -0.0272. The highest BCUT2D eigenvalue weighted by Gasteiger charge is 2.33. The van der Waals surface area contributed by atoms with Gasteiger partial charge in [-0.2, -0.15) is 0 Å². The second kappa shape index (κ2) is 6.55. The number of hydrogen-bond acceptors (Lipinski definition) is 4. The maximum Gasteiger partial charge on any atom is 0.228 e. The summed E-state index contributed by atoms with van der Waals surface area (Å²) in [6, 6.07) is 0. The standard InChI is InChI=1S/C17H24N4O3/c22-16-2-1-5-20(16)9-13-8-19-6-4-18-15(19)11-21(10-13)17(23)14-3-7-24-12-14/h4,6,13-14H,1-3,5,7-12H2. The van der Waals surface area contributed by atoms with Gasteiger partial charge in [0.15, 0.2) is 0 Å². The lowest BCUT2D eigenvalue weighted by Crippen LogP contribution is -2.41. The number of rotatable bonds is 3. The summed E-state index contributed by atoms with van der Waals surface area (Å²) in [6.07, 6.45) is 6.18. The van der Waals surface area contributed by atoms with E-state index in [2.05, 4.69) is 9.55 Å². The lowest BCUT2D eigenvalue weighted by molar-refractivity contribution is -0.136. The molecule has 0 aromatic carbocycles.